The summed E-state index contributed by atoms with van der Waals surface area (Å²) in [5.41, 5.74) is 5.16. The highest BCUT2D eigenvalue weighted by Gasteiger charge is 2.63. The van der Waals surface area contributed by atoms with E-state index < -0.39 is 42.1 Å². The number of rotatable bonds is 3. The number of hydrogen-bond acceptors (Lipinski definition) is 1. The molecule has 88 valence electrons. The van der Waals surface area contributed by atoms with Crippen molar-refractivity contribution in [3.63, 3.8) is 0 Å². The Labute approximate surface area is 93.2 Å². The summed E-state index contributed by atoms with van der Waals surface area (Å²) in [6.45, 7) is -1.72. The monoisotopic (exact) mass is 231 g/mol. The van der Waals surface area contributed by atoms with Crippen LogP contribution in [-0.4, -0.2) is 26.4 Å². The highest BCUT2D eigenvalue weighted by Crippen LogP contribution is 2.64. The van der Waals surface area contributed by atoms with Gasteiger partial charge in [-0.3, -0.25) is 4.79 Å². The maximum atomic E-state index is 13.3. The van der Waals surface area contributed by atoms with E-state index in [9.17, 15) is 18.0 Å². The Hall–Kier alpha value is -0.675. The average molecular weight is 231 g/mol. The molecule has 0 aromatic heterocycles. The van der Waals surface area contributed by atoms with E-state index in [4.69, 9.17) is 13.6 Å². The molecule has 0 aliphatic heterocycles. The standard InChI is InChI=1S/C10H13BF3NO/c11-8-4-1-2-5(9(15)16)6(4)7(8)10(13,14)3-12/h4-8H,1-3H2,(H2,15,16)/t4-,5?,6-,7?,8?/m0/s1. The van der Waals surface area contributed by atoms with Crippen molar-refractivity contribution in [2.75, 3.05) is 6.67 Å². The number of hydrogen-bond donors (Lipinski definition) is 1. The van der Waals surface area contributed by atoms with Crippen molar-refractivity contribution in [3.05, 3.63) is 0 Å². The quantitative estimate of drug-likeness (QED) is 0.731. The number of nitrogens with two attached hydrogens (primary N) is 1. The molecule has 2 saturated carbocycles. The summed E-state index contributed by atoms with van der Waals surface area (Å²) in [6.07, 6.45) is 1.13. The smallest absolute Gasteiger partial charge is 0.278 e. The molecule has 0 bridgehead atoms. The van der Waals surface area contributed by atoms with Crippen molar-refractivity contribution in [3.8, 4) is 0 Å². The van der Waals surface area contributed by atoms with E-state index in [-0.39, 0.29) is 5.92 Å². The molecule has 2 aliphatic carbocycles. The molecule has 0 heterocycles. The van der Waals surface area contributed by atoms with Crippen molar-refractivity contribution < 1.29 is 18.0 Å². The first-order valence-electron chi connectivity index (χ1n) is 5.39. The molecule has 2 fully saturated rings. The second kappa shape index (κ2) is 3.67. The number of fused-ring (bicyclic) bond motifs is 1. The van der Waals surface area contributed by atoms with Gasteiger partial charge in [0.15, 0.2) is 6.67 Å². The molecule has 0 aromatic carbocycles. The van der Waals surface area contributed by atoms with Gasteiger partial charge in [-0.05, 0) is 24.7 Å². The maximum absolute atomic E-state index is 13.3. The summed E-state index contributed by atoms with van der Waals surface area (Å²) in [4.78, 5) is 11.1. The van der Waals surface area contributed by atoms with E-state index in [0.717, 1.165) is 0 Å². The molecule has 3 unspecified atom stereocenters. The van der Waals surface area contributed by atoms with E-state index in [1.807, 2.05) is 0 Å². The Balaban J connectivity index is 2.19. The Morgan fingerprint density at radius 3 is 2.56 bits per heavy atom. The summed E-state index contributed by atoms with van der Waals surface area (Å²) in [7, 11) is 5.63. The molecule has 2 rings (SSSR count). The van der Waals surface area contributed by atoms with Gasteiger partial charge in [0.1, 0.15) is 0 Å². The lowest BCUT2D eigenvalue weighted by atomic mass is 9.47. The lowest BCUT2D eigenvalue weighted by molar-refractivity contribution is -0.157. The van der Waals surface area contributed by atoms with Crippen LogP contribution in [0.4, 0.5) is 13.2 Å². The molecule has 0 saturated heterocycles. The topological polar surface area (TPSA) is 43.1 Å². The number of amides is 1. The Bertz CT molecular complexity index is 312. The zero-order valence-electron chi connectivity index (χ0n) is 8.70. The highest BCUT2D eigenvalue weighted by atomic mass is 19.3. The number of carbonyl (C=O) groups is 1. The fourth-order valence-electron chi connectivity index (χ4n) is 3.38. The maximum Gasteiger partial charge on any atom is 0.278 e. The highest BCUT2D eigenvalue weighted by molar-refractivity contribution is 6.13. The Kier molecular flexibility index (Phi) is 2.71. The van der Waals surface area contributed by atoms with Gasteiger partial charge in [-0.2, -0.15) is 0 Å². The molecule has 16 heavy (non-hydrogen) atoms. The lowest BCUT2D eigenvalue weighted by Crippen LogP contribution is -2.54. The van der Waals surface area contributed by atoms with Gasteiger partial charge in [0.05, 0.1) is 7.85 Å². The van der Waals surface area contributed by atoms with Crippen LogP contribution >= 0.6 is 0 Å². The van der Waals surface area contributed by atoms with E-state index in [1.165, 1.54) is 0 Å². The molecule has 2 N–H and O–H groups in total. The van der Waals surface area contributed by atoms with Crippen LogP contribution in [0, 0.1) is 23.7 Å². The van der Waals surface area contributed by atoms with Gasteiger partial charge < -0.3 is 5.73 Å². The SMILES string of the molecule is [B]C1C(C(F)(F)CF)[C@@H]2C(C(N)=O)CC[C@H]12. The zero-order valence-corrected chi connectivity index (χ0v) is 8.70. The van der Waals surface area contributed by atoms with Crippen molar-refractivity contribution in [2.45, 2.75) is 24.6 Å². The average Bonchev–Trinajstić information content (AvgIpc) is 2.56. The first-order chi connectivity index (χ1) is 7.40. The third-order valence-electron chi connectivity index (χ3n) is 4.13. The van der Waals surface area contributed by atoms with Crippen LogP contribution in [0.25, 0.3) is 0 Å². The number of carbonyl (C=O) groups excluding carboxylic acids is 1. The fraction of sp³-hybridized carbons (Fsp3) is 0.900. The summed E-state index contributed by atoms with van der Waals surface area (Å²) in [5.74, 6) is -7.13. The summed E-state index contributed by atoms with van der Waals surface area (Å²) in [5, 5.41) is 0. The van der Waals surface area contributed by atoms with Crippen LogP contribution in [0.15, 0.2) is 0 Å². The van der Waals surface area contributed by atoms with Crippen LogP contribution in [0.5, 0.6) is 0 Å². The first-order valence-corrected chi connectivity index (χ1v) is 5.39. The second-order valence-electron chi connectivity index (χ2n) is 4.83. The Morgan fingerprint density at radius 2 is 2.06 bits per heavy atom. The van der Waals surface area contributed by atoms with E-state index in [2.05, 4.69) is 0 Å². The normalized spacial score (nSPS) is 42.6. The molecular weight excluding hydrogens is 218 g/mol. The summed E-state index contributed by atoms with van der Waals surface area (Å²) in [6, 6.07) is 0. The zero-order chi connectivity index (χ0) is 12.1. The largest absolute Gasteiger partial charge is 0.369 e. The number of halogens is 3. The third kappa shape index (κ3) is 1.45. The van der Waals surface area contributed by atoms with Gasteiger partial charge in [0.25, 0.3) is 5.92 Å². The van der Waals surface area contributed by atoms with Gasteiger partial charge in [0.2, 0.25) is 5.91 Å². The summed E-state index contributed by atoms with van der Waals surface area (Å²) >= 11 is 0. The van der Waals surface area contributed by atoms with Gasteiger partial charge >= 0.3 is 0 Å². The van der Waals surface area contributed by atoms with Crippen LogP contribution in [0.3, 0.4) is 0 Å². The van der Waals surface area contributed by atoms with Gasteiger partial charge in [0, 0.05) is 11.8 Å². The van der Waals surface area contributed by atoms with Crippen LogP contribution < -0.4 is 5.73 Å². The first kappa shape index (κ1) is 11.8. The minimum atomic E-state index is -3.43. The van der Waals surface area contributed by atoms with Crippen molar-refractivity contribution in [2.24, 2.45) is 29.4 Å². The fourth-order valence-corrected chi connectivity index (χ4v) is 3.38. The van der Waals surface area contributed by atoms with Gasteiger partial charge in [-0.15, -0.1) is 0 Å². The molecule has 5 atom stereocenters. The van der Waals surface area contributed by atoms with Crippen LogP contribution in [0.1, 0.15) is 12.8 Å². The third-order valence-corrected chi connectivity index (χ3v) is 4.13. The second-order valence-corrected chi connectivity index (χ2v) is 4.83. The minimum Gasteiger partial charge on any atom is -0.369 e. The number of alkyl halides is 3. The predicted octanol–water partition coefficient (Wildman–Crippen LogP) is 1.31. The predicted molar refractivity (Wildman–Crippen MR) is 52.8 cm³/mol. The van der Waals surface area contributed by atoms with Crippen molar-refractivity contribution in [1.82, 2.24) is 0 Å². The Morgan fingerprint density at radius 1 is 1.44 bits per heavy atom. The molecule has 0 spiro atoms. The summed E-state index contributed by atoms with van der Waals surface area (Å²) < 4.78 is 38.9. The molecule has 6 heteroatoms. The molecular formula is C10H13BF3NO. The van der Waals surface area contributed by atoms with E-state index >= 15 is 0 Å². The van der Waals surface area contributed by atoms with Crippen LogP contribution in [-0.2, 0) is 4.79 Å². The molecule has 0 aromatic rings. The number of primary amides is 1. The van der Waals surface area contributed by atoms with E-state index in [1.54, 1.807) is 0 Å². The van der Waals surface area contributed by atoms with Gasteiger partial charge in [-0.1, -0.05) is 5.82 Å². The molecule has 2 nitrogen and oxygen atoms in total. The molecule has 2 radical (unpaired) electrons. The van der Waals surface area contributed by atoms with Crippen molar-refractivity contribution in [1.29, 1.82) is 0 Å². The lowest BCUT2D eigenvalue weighted by Gasteiger charge is -2.52. The minimum absolute atomic E-state index is 0.0973. The van der Waals surface area contributed by atoms with Crippen LogP contribution in [0.2, 0.25) is 5.82 Å². The van der Waals surface area contributed by atoms with Gasteiger partial charge in [-0.25, -0.2) is 13.2 Å². The molecule has 2 aliphatic rings. The molecule has 1 amide bonds. The van der Waals surface area contributed by atoms with E-state index in [0.29, 0.717) is 12.8 Å². The van der Waals surface area contributed by atoms with Crippen molar-refractivity contribution >= 4 is 13.8 Å².